The van der Waals surface area contributed by atoms with Gasteiger partial charge in [-0.15, -0.1) is 35.3 Å². The number of hydrogen-bond acceptors (Lipinski definition) is 6. The van der Waals surface area contributed by atoms with E-state index in [1.807, 2.05) is 26.0 Å². The van der Waals surface area contributed by atoms with Crippen LogP contribution in [0.4, 0.5) is 0 Å². The fourth-order valence-corrected chi connectivity index (χ4v) is 3.39. The summed E-state index contributed by atoms with van der Waals surface area (Å²) in [5.41, 5.74) is 1.87. The molecule has 0 atom stereocenters. The molecular weight excluding hydrogens is 511 g/mol. The molecule has 0 saturated carbocycles. The number of hydrogen-bond donors (Lipinski definition) is 2. The van der Waals surface area contributed by atoms with Gasteiger partial charge in [0.1, 0.15) is 11.6 Å². The van der Waals surface area contributed by atoms with E-state index in [4.69, 9.17) is 16.1 Å². The van der Waals surface area contributed by atoms with E-state index in [0.29, 0.717) is 29.2 Å². The number of aryl methyl sites for hydroxylation is 2. The van der Waals surface area contributed by atoms with Crippen molar-refractivity contribution < 1.29 is 4.52 Å². The van der Waals surface area contributed by atoms with E-state index < -0.39 is 0 Å². The highest BCUT2D eigenvalue weighted by atomic mass is 127. The largest absolute Gasteiger partial charge is 0.357 e. The van der Waals surface area contributed by atoms with Crippen molar-refractivity contribution in [3.63, 3.8) is 0 Å². The Morgan fingerprint density at radius 1 is 1.25 bits per heavy atom. The molecule has 28 heavy (non-hydrogen) atoms. The van der Waals surface area contributed by atoms with E-state index in [0.717, 1.165) is 22.8 Å². The lowest BCUT2D eigenvalue weighted by Crippen LogP contribution is -2.36. The van der Waals surface area contributed by atoms with E-state index in [-0.39, 0.29) is 30.5 Å². The maximum Gasteiger partial charge on any atom is 0.248 e. The summed E-state index contributed by atoms with van der Waals surface area (Å²) in [6, 6.07) is 7.33. The van der Waals surface area contributed by atoms with Crippen LogP contribution in [0.25, 0.3) is 11.4 Å². The molecule has 0 fully saturated rings. The molecule has 7 nitrogen and oxygen atoms in total. The topological polar surface area (TPSA) is 88.2 Å². The van der Waals surface area contributed by atoms with Gasteiger partial charge in [0.15, 0.2) is 5.96 Å². The zero-order valence-corrected chi connectivity index (χ0v) is 19.7. The lowest BCUT2D eigenvalue weighted by Gasteiger charge is -2.09. The van der Waals surface area contributed by atoms with Gasteiger partial charge in [0, 0.05) is 22.0 Å². The number of rotatable bonds is 6. The van der Waals surface area contributed by atoms with Crippen molar-refractivity contribution in [2.75, 3.05) is 6.54 Å². The molecule has 3 aromatic rings. The molecule has 0 aliphatic rings. The highest BCUT2D eigenvalue weighted by Crippen LogP contribution is 2.20. The van der Waals surface area contributed by atoms with Crippen LogP contribution >= 0.6 is 46.9 Å². The first-order valence-corrected chi connectivity index (χ1v) is 9.78. The summed E-state index contributed by atoms with van der Waals surface area (Å²) in [6.07, 6.45) is 0. The van der Waals surface area contributed by atoms with E-state index in [2.05, 4.69) is 37.7 Å². The molecule has 0 unspecified atom stereocenters. The Labute approximate surface area is 190 Å². The number of nitrogens with zero attached hydrogens (tertiary/aromatic N) is 4. The minimum atomic E-state index is 0. The quantitative estimate of drug-likeness (QED) is 0.279. The summed E-state index contributed by atoms with van der Waals surface area (Å²) in [7, 11) is 0. The van der Waals surface area contributed by atoms with Crippen molar-refractivity contribution in [1.29, 1.82) is 0 Å². The zero-order chi connectivity index (χ0) is 19.2. The number of thiazole rings is 1. The van der Waals surface area contributed by atoms with Gasteiger partial charge in [-0.25, -0.2) is 9.98 Å². The maximum atomic E-state index is 6.01. The summed E-state index contributed by atoms with van der Waals surface area (Å²) >= 11 is 7.69. The average molecular weight is 533 g/mol. The molecule has 2 N–H and O–H groups in total. The van der Waals surface area contributed by atoms with Crippen molar-refractivity contribution >= 4 is 52.9 Å². The van der Waals surface area contributed by atoms with Crippen molar-refractivity contribution in [2.24, 2.45) is 4.99 Å². The van der Waals surface area contributed by atoms with Gasteiger partial charge in [-0.2, -0.15) is 4.98 Å². The third-order valence-corrected chi connectivity index (χ3v) is 5.06. The Kier molecular flexibility index (Phi) is 8.64. The Morgan fingerprint density at radius 2 is 2.07 bits per heavy atom. The molecule has 10 heteroatoms. The van der Waals surface area contributed by atoms with Gasteiger partial charge in [-0.1, -0.05) is 28.9 Å². The van der Waals surface area contributed by atoms with Crippen molar-refractivity contribution in [3.05, 3.63) is 50.8 Å². The lowest BCUT2D eigenvalue weighted by atomic mass is 10.2. The van der Waals surface area contributed by atoms with Crippen molar-refractivity contribution in [2.45, 2.75) is 33.9 Å². The summed E-state index contributed by atoms with van der Waals surface area (Å²) in [5.74, 6) is 1.60. The first-order valence-electron chi connectivity index (χ1n) is 8.58. The Balaban J connectivity index is 0.00000280. The van der Waals surface area contributed by atoms with E-state index in [1.54, 1.807) is 23.5 Å². The number of halogens is 2. The third-order valence-electron chi connectivity index (χ3n) is 3.75. The molecule has 0 aliphatic carbocycles. The number of benzene rings is 1. The van der Waals surface area contributed by atoms with Crippen LogP contribution in [0.5, 0.6) is 0 Å². The molecule has 0 saturated heterocycles. The predicted octanol–water partition coefficient (Wildman–Crippen LogP) is 4.34. The zero-order valence-electron chi connectivity index (χ0n) is 15.8. The van der Waals surface area contributed by atoms with E-state index in [1.165, 1.54) is 4.88 Å². The third kappa shape index (κ3) is 6.14. The average Bonchev–Trinajstić information content (AvgIpc) is 3.24. The fourth-order valence-electron chi connectivity index (χ4n) is 2.33. The molecule has 2 aromatic heterocycles. The second-order valence-electron chi connectivity index (χ2n) is 5.82. The molecule has 1 aromatic carbocycles. The van der Waals surface area contributed by atoms with Crippen LogP contribution in [0.15, 0.2) is 33.8 Å². The monoisotopic (exact) mass is 532 g/mol. The van der Waals surface area contributed by atoms with Crippen LogP contribution in [0.3, 0.4) is 0 Å². The fraction of sp³-hybridized carbons (Fsp3) is 0.333. The molecule has 2 heterocycles. The normalized spacial score (nSPS) is 11.2. The molecule has 0 radical (unpaired) electrons. The van der Waals surface area contributed by atoms with Gasteiger partial charge in [0.25, 0.3) is 0 Å². The molecule has 150 valence electrons. The molecule has 0 amide bonds. The lowest BCUT2D eigenvalue weighted by molar-refractivity contribution is 0.380. The summed E-state index contributed by atoms with van der Waals surface area (Å²) in [6.45, 7) is 7.74. The van der Waals surface area contributed by atoms with E-state index >= 15 is 0 Å². The van der Waals surface area contributed by atoms with Crippen molar-refractivity contribution in [3.8, 4) is 11.4 Å². The molecule has 0 spiro atoms. The number of aliphatic imine (C=N–C) groups is 1. The second kappa shape index (κ2) is 10.7. The number of guanidine groups is 1. The van der Waals surface area contributed by atoms with Crippen LogP contribution in [0.1, 0.15) is 28.4 Å². The summed E-state index contributed by atoms with van der Waals surface area (Å²) in [5, 5.41) is 12.1. The highest BCUT2D eigenvalue weighted by Gasteiger charge is 2.09. The SMILES string of the molecule is CCNC(=NCc1nc(-c2cccc(Cl)c2)no1)NCc1nc(C)c(C)s1.I. The minimum absolute atomic E-state index is 0. The van der Waals surface area contributed by atoms with Crippen LogP contribution in [0, 0.1) is 13.8 Å². The van der Waals surface area contributed by atoms with Crippen LogP contribution in [-0.2, 0) is 13.1 Å². The Morgan fingerprint density at radius 3 is 2.75 bits per heavy atom. The maximum absolute atomic E-state index is 6.01. The van der Waals surface area contributed by atoms with Crippen LogP contribution < -0.4 is 10.6 Å². The number of nitrogens with one attached hydrogen (secondary N) is 2. The highest BCUT2D eigenvalue weighted by molar-refractivity contribution is 14.0. The van der Waals surface area contributed by atoms with E-state index in [9.17, 15) is 0 Å². The van der Waals surface area contributed by atoms with Crippen molar-refractivity contribution in [1.82, 2.24) is 25.8 Å². The first-order chi connectivity index (χ1) is 13.0. The number of aromatic nitrogens is 3. The van der Waals surface area contributed by atoms with Crippen LogP contribution in [-0.4, -0.2) is 27.6 Å². The predicted molar refractivity (Wildman–Crippen MR) is 123 cm³/mol. The van der Waals surface area contributed by atoms with Gasteiger partial charge in [-0.3, -0.25) is 0 Å². The van der Waals surface area contributed by atoms with Gasteiger partial charge in [0.05, 0.1) is 12.2 Å². The summed E-state index contributed by atoms with van der Waals surface area (Å²) < 4.78 is 5.29. The van der Waals surface area contributed by atoms with Gasteiger partial charge < -0.3 is 15.2 Å². The second-order valence-corrected chi connectivity index (χ2v) is 7.54. The van der Waals surface area contributed by atoms with Gasteiger partial charge >= 0.3 is 0 Å². The molecule has 3 rings (SSSR count). The molecular formula is C18H22ClIN6OS. The molecule has 0 aliphatic heterocycles. The summed E-state index contributed by atoms with van der Waals surface area (Å²) in [4.78, 5) is 14.6. The Bertz CT molecular complexity index is 922. The van der Waals surface area contributed by atoms with Gasteiger partial charge in [0.2, 0.25) is 11.7 Å². The standard InChI is InChI=1S/C18H21ClN6OS.HI/c1-4-20-18(22-10-16-23-11(2)12(3)27-16)21-9-15-24-17(25-26-15)13-6-5-7-14(19)8-13;/h5-8H,4,9-10H2,1-3H3,(H2,20,21,22);1H. The Hall–Kier alpha value is -1.72. The minimum Gasteiger partial charge on any atom is -0.357 e. The smallest absolute Gasteiger partial charge is 0.248 e. The van der Waals surface area contributed by atoms with Gasteiger partial charge in [-0.05, 0) is 32.9 Å². The molecule has 0 bridgehead atoms. The van der Waals surface area contributed by atoms with Crippen LogP contribution in [0.2, 0.25) is 5.02 Å². The first kappa shape index (κ1) is 22.6.